The number of aryl methyl sites for hydroxylation is 1. The molecule has 0 aliphatic rings. The first-order valence-corrected chi connectivity index (χ1v) is 7.29. The minimum Gasteiger partial charge on any atom is -0.497 e. The molecular weight excluding hydrogens is 262 g/mol. The normalized spacial score (nSPS) is 10.1. The maximum Gasteiger partial charge on any atom is 0.118 e. The van der Waals surface area contributed by atoms with Gasteiger partial charge in [0.15, 0.2) is 0 Å². The van der Waals surface area contributed by atoms with Crippen molar-refractivity contribution in [3.05, 3.63) is 46.3 Å². The third kappa shape index (κ3) is 3.06. The molecule has 2 nitrogen and oxygen atoms in total. The Morgan fingerprint density at radius 1 is 1.33 bits per heavy atom. The van der Waals surface area contributed by atoms with Gasteiger partial charge in [0.2, 0.25) is 0 Å². The van der Waals surface area contributed by atoms with E-state index in [1.807, 2.05) is 25.1 Å². The van der Waals surface area contributed by atoms with Crippen LogP contribution in [0.15, 0.2) is 34.5 Å². The van der Waals surface area contributed by atoms with E-state index < -0.39 is 0 Å². The molecule has 0 saturated carbocycles. The Balaban J connectivity index is 2.02. The Bertz CT molecular complexity index is 566. The molecular formula is C14H13NOS2. The van der Waals surface area contributed by atoms with Gasteiger partial charge >= 0.3 is 0 Å². The van der Waals surface area contributed by atoms with E-state index >= 15 is 0 Å². The predicted octanol–water partition coefficient (Wildman–Crippen LogP) is 4.23. The van der Waals surface area contributed by atoms with Crippen LogP contribution in [0.2, 0.25) is 0 Å². The second-order valence-electron chi connectivity index (χ2n) is 3.83. The van der Waals surface area contributed by atoms with Gasteiger partial charge in [0.25, 0.3) is 0 Å². The predicted molar refractivity (Wildman–Crippen MR) is 76.3 cm³/mol. The lowest BCUT2D eigenvalue weighted by atomic mass is 10.2. The van der Waals surface area contributed by atoms with Crippen molar-refractivity contribution < 1.29 is 4.74 Å². The van der Waals surface area contributed by atoms with Crippen molar-refractivity contribution in [1.29, 1.82) is 5.26 Å². The van der Waals surface area contributed by atoms with Crippen molar-refractivity contribution in [3.8, 4) is 11.8 Å². The van der Waals surface area contributed by atoms with Gasteiger partial charge in [-0.3, -0.25) is 0 Å². The quantitative estimate of drug-likeness (QED) is 0.783. The Hall–Kier alpha value is -1.44. The van der Waals surface area contributed by atoms with Crippen molar-refractivity contribution in [2.75, 3.05) is 7.11 Å². The van der Waals surface area contributed by atoms with Crippen LogP contribution in [0.5, 0.6) is 5.75 Å². The molecule has 92 valence electrons. The van der Waals surface area contributed by atoms with Crippen LogP contribution in [0.1, 0.15) is 16.0 Å². The second-order valence-corrected chi connectivity index (χ2v) is 6.13. The number of benzene rings is 1. The summed E-state index contributed by atoms with van der Waals surface area (Å²) in [5, 5.41) is 8.86. The van der Waals surface area contributed by atoms with Gasteiger partial charge in [0, 0.05) is 5.75 Å². The van der Waals surface area contributed by atoms with Crippen molar-refractivity contribution in [2.45, 2.75) is 16.9 Å². The summed E-state index contributed by atoms with van der Waals surface area (Å²) in [6, 6.07) is 12.2. The summed E-state index contributed by atoms with van der Waals surface area (Å²) in [5.41, 5.74) is 2.45. The van der Waals surface area contributed by atoms with Crippen LogP contribution < -0.4 is 4.74 Å². The van der Waals surface area contributed by atoms with Gasteiger partial charge in [0.1, 0.15) is 16.7 Å². The molecule has 0 unspecified atom stereocenters. The van der Waals surface area contributed by atoms with Gasteiger partial charge in [-0.15, -0.1) is 23.1 Å². The Labute approximate surface area is 115 Å². The van der Waals surface area contributed by atoms with E-state index in [2.05, 4.69) is 18.2 Å². The lowest BCUT2D eigenvalue weighted by Crippen LogP contribution is -1.84. The fourth-order valence-electron chi connectivity index (χ4n) is 1.53. The number of nitriles is 1. The molecule has 1 aromatic carbocycles. The van der Waals surface area contributed by atoms with Gasteiger partial charge in [-0.1, -0.05) is 12.1 Å². The largest absolute Gasteiger partial charge is 0.497 e. The molecule has 18 heavy (non-hydrogen) atoms. The van der Waals surface area contributed by atoms with Crippen LogP contribution in [0, 0.1) is 18.3 Å². The molecule has 0 atom stereocenters. The average Bonchev–Trinajstić information content (AvgIpc) is 2.77. The zero-order chi connectivity index (χ0) is 13.0. The molecule has 2 aromatic rings. The van der Waals surface area contributed by atoms with Crippen LogP contribution in [0.3, 0.4) is 0 Å². The number of methoxy groups -OCH3 is 1. The van der Waals surface area contributed by atoms with Gasteiger partial charge in [0.05, 0.1) is 11.3 Å². The van der Waals surface area contributed by atoms with E-state index in [-0.39, 0.29) is 0 Å². The second kappa shape index (κ2) is 5.94. The van der Waals surface area contributed by atoms with E-state index in [9.17, 15) is 0 Å². The first-order chi connectivity index (χ1) is 8.72. The van der Waals surface area contributed by atoms with Crippen LogP contribution in [-0.2, 0) is 5.75 Å². The highest BCUT2D eigenvalue weighted by Crippen LogP contribution is 2.33. The number of rotatable bonds is 4. The van der Waals surface area contributed by atoms with Crippen LogP contribution in [0.4, 0.5) is 0 Å². The number of ether oxygens (including phenoxy) is 1. The molecule has 1 aromatic heterocycles. The Morgan fingerprint density at radius 2 is 2.06 bits per heavy atom. The summed E-state index contributed by atoms with van der Waals surface area (Å²) < 4.78 is 6.35. The maximum absolute atomic E-state index is 8.86. The molecule has 0 spiro atoms. The number of thioether (sulfide) groups is 1. The first kappa shape index (κ1) is 13.0. The fourth-order valence-corrected chi connectivity index (χ4v) is 3.69. The molecule has 0 bridgehead atoms. The summed E-state index contributed by atoms with van der Waals surface area (Å²) in [6.45, 7) is 2.05. The summed E-state index contributed by atoms with van der Waals surface area (Å²) in [7, 11) is 1.67. The monoisotopic (exact) mass is 275 g/mol. The van der Waals surface area contributed by atoms with Gasteiger partial charge in [-0.2, -0.15) is 5.26 Å². The van der Waals surface area contributed by atoms with Crippen LogP contribution >= 0.6 is 23.1 Å². The van der Waals surface area contributed by atoms with Crippen LogP contribution in [0.25, 0.3) is 0 Å². The summed E-state index contributed by atoms with van der Waals surface area (Å²) in [6.07, 6.45) is 0. The maximum atomic E-state index is 8.86. The van der Waals surface area contributed by atoms with Crippen molar-refractivity contribution in [2.24, 2.45) is 0 Å². The lowest BCUT2D eigenvalue weighted by Gasteiger charge is -2.03. The Kier molecular flexibility index (Phi) is 4.29. The number of thiophene rings is 1. The smallest absolute Gasteiger partial charge is 0.118 e. The molecule has 0 saturated heterocycles. The van der Waals surface area contributed by atoms with E-state index in [4.69, 9.17) is 10.00 Å². The molecule has 4 heteroatoms. The van der Waals surface area contributed by atoms with Crippen molar-refractivity contribution in [1.82, 2.24) is 0 Å². The van der Waals surface area contributed by atoms with Crippen molar-refractivity contribution >= 4 is 23.1 Å². The van der Waals surface area contributed by atoms with Gasteiger partial charge in [-0.25, -0.2) is 0 Å². The van der Waals surface area contributed by atoms with E-state index in [0.717, 1.165) is 16.4 Å². The highest BCUT2D eigenvalue weighted by Gasteiger charge is 2.06. The molecule has 1 heterocycles. The summed E-state index contributed by atoms with van der Waals surface area (Å²) in [5.74, 6) is 1.79. The zero-order valence-corrected chi connectivity index (χ0v) is 11.9. The first-order valence-electron chi connectivity index (χ1n) is 5.49. The van der Waals surface area contributed by atoms with Gasteiger partial charge < -0.3 is 4.74 Å². The summed E-state index contributed by atoms with van der Waals surface area (Å²) in [4.78, 5) is 0.782. The topological polar surface area (TPSA) is 33.0 Å². The number of hydrogen-bond acceptors (Lipinski definition) is 4. The highest BCUT2D eigenvalue weighted by molar-refractivity contribution is 8.00. The number of nitrogens with zero attached hydrogens (tertiary/aromatic N) is 1. The fraction of sp³-hybridized carbons (Fsp3) is 0.214. The average molecular weight is 275 g/mol. The molecule has 0 aliphatic heterocycles. The van der Waals surface area contributed by atoms with E-state index in [1.54, 1.807) is 30.2 Å². The molecule has 0 N–H and O–H groups in total. The SMILES string of the molecule is COc1ccc(CSc2sc(C#N)cc2C)cc1. The number of hydrogen-bond donors (Lipinski definition) is 0. The summed E-state index contributed by atoms with van der Waals surface area (Å²) >= 11 is 3.34. The third-order valence-electron chi connectivity index (χ3n) is 2.51. The molecule has 2 rings (SSSR count). The zero-order valence-electron chi connectivity index (χ0n) is 10.3. The minimum atomic E-state index is 0.782. The minimum absolute atomic E-state index is 0.782. The molecule has 0 aliphatic carbocycles. The van der Waals surface area contributed by atoms with Crippen molar-refractivity contribution in [3.63, 3.8) is 0 Å². The Morgan fingerprint density at radius 3 is 2.61 bits per heavy atom. The standard InChI is InChI=1S/C14H13NOS2/c1-10-7-13(8-15)18-14(10)17-9-11-3-5-12(16-2)6-4-11/h3-7H,9H2,1-2H3. The highest BCUT2D eigenvalue weighted by atomic mass is 32.2. The third-order valence-corrected chi connectivity index (χ3v) is 5.11. The lowest BCUT2D eigenvalue weighted by molar-refractivity contribution is 0.414. The van der Waals surface area contributed by atoms with E-state index in [1.165, 1.54) is 15.3 Å². The molecule has 0 radical (unpaired) electrons. The molecule has 0 amide bonds. The van der Waals surface area contributed by atoms with E-state index in [0.29, 0.717) is 0 Å². The molecule has 0 fully saturated rings. The van der Waals surface area contributed by atoms with Gasteiger partial charge in [-0.05, 0) is 36.2 Å². The van der Waals surface area contributed by atoms with Crippen LogP contribution in [-0.4, -0.2) is 7.11 Å².